The zero-order chi connectivity index (χ0) is 12.6. The zero-order valence-electron chi connectivity index (χ0n) is 8.84. The molecule has 0 aliphatic heterocycles. The van der Waals surface area contributed by atoms with Crippen molar-refractivity contribution in [3.63, 3.8) is 0 Å². The standard InChI is InChI=1S/C12H8Cl3NO/c1-6-2-3-10(17)12(16-6)8-4-7(13)5-9(14)11(8)15/h2-5,17H,1H3. The third-order valence-corrected chi connectivity index (χ3v) is 3.28. The summed E-state index contributed by atoms with van der Waals surface area (Å²) in [6, 6.07) is 6.43. The van der Waals surface area contributed by atoms with E-state index in [1.54, 1.807) is 24.3 Å². The number of rotatable bonds is 1. The zero-order valence-corrected chi connectivity index (χ0v) is 11.1. The Morgan fingerprint density at radius 3 is 2.53 bits per heavy atom. The fourth-order valence-corrected chi connectivity index (χ4v) is 2.17. The second kappa shape index (κ2) is 4.73. The summed E-state index contributed by atoms with van der Waals surface area (Å²) in [5, 5.41) is 10.9. The molecule has 0 aliphatic carbocycles. The molecule has 88 valence electrons. The summed E-state index contributed by atoms with van der Waals surface area (Å²) >= 11 is 17.9. The van der Waals surface area contributed by atoms with Gasteiger partial charge in [-0.2, -0.15) is 0 Å². The monoisotopic (exact) mass is 287 g/mol. The summed E-state index contributed by atoms with van der Waals surface area (Å²) in [6.45, 7) is 1.82. The second-order valence-corrected chi connectivity index (χ2v) is 4.79. The van der Waals surface area contributed by atoms with E-state index >= 15 is 0 Å². The predicted molar refractivity (Wildman–Crippen MR) is 71.1 cm³/mol. The van der Waals surface area contributed by atoms with Crippen molar-refractivity contribution < 1.29 is 5.11 Å². The molecular weight excluding hydrogens is 280 g/mol. The molecule has 1 heterocycles. The third-order valence-electron chi connectivity index (χ3n) is 2.26. The molecule has 0 fully saturated rings. The highest BCUT2D eigenvalue weighted by molar-refractivity contribution is 6.45. The Labute approximate surface area is 114 Å². The van der Waals surface area contributed by atoms with Crippen molar-refractivity contribution in [1.82, 2.24) is 4.98 Å². The summed E-state index contributed by atoms with van der Waals surface area (Å²) in [5.74, 6) is 0.0378. The minimum absolute atomic E-state index is 0.0378. The third kappa shape index (κ3) is 2.49. The highest BCUT2D eigenvalue weighted by Crippen LogP contribution is 2.38. The van der Waals surface area contributed by atoms with E-state index in [4.69, 9.17) is 34.8 Å². The van der Waals surface area contributed by atoms with E-state index in [1.807, 2.05) is 6.92 Å². The van der Waals surface area contributed by atoms with Crippen molar-refractivity contribution in [1.29, 1.82) is 0 Å². The van der Waals surface area contributed by atoms with Gasteiger partial charge in [0.05, 0.1) is 10.0 Å². The van der Waals surface area contributed by atoms with E-state index in [2.05, 4.69) is 4.98 Å². The van der Waals surface area contributed by atoms with Gasteiger partial charge in [-0.1, -0.05) is 34.8 Å². The fraction of sp³-hybridized carbons (Fsp3) is 0.0833. The summed E-state index contributed by atoms with van der Waals surface area (Å²) in [6.07, 6.45) is 0. The maximum atomic E-state index is 9.79. The molecule has 0 amide bonds. The molecule has 0 spiro atoms. The Morgan fingerprint density at radius 2 is 1.82 bits per heavy atom. The fourth-order valence-electron chi connectivity index (χ4n) is 1.48. The first-order chi connectivity index (χ1) is 7.99. The van der Waals surface area contributed by atoms with Crippen molar-refractivity contribution >= 4 is 34.8 Å². The Hall–Kier alpha value is -0.960. The van der Waals surface area contributed by atoms with Crippen LogP contribution in [0.4, 0.5) is 0 Å². The SMILES string of the molecule is Cc1ccc(O)c(-c2cc(Cl)cc(Cl)c2Cl)n1. The van der Waals surface area contributed by atoms with Crippen LogP contribution in [0.15, 0.2) is 24.3 Å². The Morgan fingerprint density at radius 1 is 1.12 bits per heavy atom. The number of pyridine rings is 1. The quantitative estimate of drug-likeness (QED) is 0.770. The van der Waals surface area contributed by atoms with Crippen LogP contribution < -0.4 is 0 Å². The normalized spacial score (nSPS) is 10.6. The number of halogens is 3. The number of nitrogens with zero attached hydrogens (tertiary/aromatic N) is 1. The van der Waals surface area contributed by atoms with Gasteiger partial charge >= 0.3 is 0 Å². The van der Waals surface area contributed by atoms with Gasteiger partial charge in [-0.3, -0.25) is 0 Å². The number of aromatic hydroxyl groups is 1. The van der Waals surface area contributed by atoms with Gasteiger partial charge in [0.1, 0.15) is 11.4 Å². The number of benzene rings is 1. The van der Waals surface area contributed by atoms with Crippen molar-refractivity contribution in [3.8, 4) is 17.0 Å². The Kier molecular flexibility index (Phi) is 3.48. The lowest BCUT2D eigenvalue weighted by Crippen LogP contribution is -1.89. The summed E-state index contributed by atoms with van der Waals surface area (Å²) < 4.78 is 0. The van der Waals surface area contributed by atoms with Gasteiger partial charge in [0.2, 0.25) is 0 Å². The van der Waals surface area contributed by atoms with Crippen LogP contribution >= 0.6 is 34.8 Å². The lowest BCUT2D eigenvalue weighted by molar-refractivity contribution is 0.474. The molecule has 0 saturated carbocycles. The highest BCUT2D eigenvalue weighted by Gasteiger charge is 2.14. The van der Waals surface area contributed by atoms with Crippen LogP contribution in [-0.4, -0.2) is 10.1 Å². The number of hydrogen-bond donors (Lipinski definition) is 1. The maximum Gasteiger partial charge on any atom is 0.141 e. The molecule has 0 atom stereocenters. The lowest BCUT2D eigenvalue weighted by Gasteiger charge is -2.09. The maximum absolute atomic E-state index is 9.79. The van der Waals surface area contributed by atoms with Gasteiger partial charge in [-0.05, 0) is 31.2 Å². The van der Waals surface area contributed by atoms with Gasteiger partial charge in [0, 0.05) is 16.3 Å². The van der Waals surface area contributed by atoms with E-state index in [-0.39, 0.29) is 5.75 Å². The Bertz CT molecular complexity index is 584. The Balaban J connectivity index is 2.72. The second-order valence-electron chi connectivity index (χ2n) is 3.57. The molecule has 0 saturated heterocycles. The molecule has 2 aromatic rings. The largest absolute Gasteiger partial charge is 0.506 e. The van der Waals surface area contributed by atoms with E-state index < -0.39 is 0 Å². The molecule has 1 aromatic heterocycles. The van der Waals surface area contributed by atoms with E-state index in [0.717, 1.165) is 5.69 Å². The lowest BCUT2D eigenvalue weighted by atomic mass is 10.1. The number of aryl methyl sites for hydroxylation is 1. The van der Waals surface area contributed by atoms with Crippen molar-refractivity contribution in [2.45, 2.75) is 6.92 Å². The molecule has 0 aliphatic rings. The van der Waals surface area contributed by atoms with Crippen molar-refractivity contribution in [2.24, 2.45) is 0 Å². The smallest absolute Gasteiger partial charge is 0.141 e. The first-order valence-electron chi connectivity index (χ1n) is 4.80. The van der Waals surface area contributed by atoms with Crippen LogP contribution in [0.2, 0.25) is 15.1 Å². The van der Waals surface area contributed by atoms with Gasteiger partial charge < -0.3 is 5.11 Å². The van der Waals surface area contributed by atoms with Crippen molar-refractivity contribution in [3.05, 3.63) is 45.0 Å². The number of hydrogen-bond acceptors (Lipinski definition) is 2. The van der Waals surface area contributed by atoms with Gasteiger partial charge in [-0.25, -0.2) is 4.98 Å². The molecule has 1 aromatic carbocycles. The van der Waals surface area contributed by atoms with Crippen LogP contribution in [0.5, 0.6) is 5.75 Å². The minimum atomic E-state index is 0.0378. The average Bonchev–Trinajstić information content (AvgIpc) is 2.27. The molecule has 0 radical (unpaired) electrons. The van der Waals surface area contributed by atoms with Gasteiger partial charge in [0.15, 0.2) is 0 Å². The average molecular weight is 289 g/mol. The van der Waals surface area contributed by atoms with Crippen LogP contribution in [0, 0.1) is 6.92 Å². The molecule has 0 unspecified atom stereocenters. The summed E-state index contributed by atoms with van der Waals surface area (Å²) in [7, 11) is 0. The molecule has 2 nitrogen and oxygen atoms in total. The van der Waals surface area contributed by atoms with E-state index in [9.17, 15) is 5.11 Å². The first kappa shape index (κ1) is 12.5. The van der Waals surface area contributed by atoms with Crippen molar-refractivity contribution in [2.75, 3.05) is 0 Å². The topological polar surface area (TPSA) is 33.1 Å². The molecule has 1 N–H and O–H groups in total. The predicted octanol–water partition coefficient (Wildman–Crippen LogP) is 4.72. The van der Waals surface area contributed by atoms with Crippen LogP contribution in [0.1, 0.15) is 5.69 Å². The molecular formula is C12H8Cl3NO. The number of aromatic nitrogens is 1. The van der Waals surface area contributed by atoms with Gasteiger partial charge in [-0.15, -0.1) is 0 Å². The first-order valence-corrected chi connectivity index (χ1v) is 5.94. The molecule has 17 heavy (non-hydrogen) atoms. The minimum Gasteiger partial charge on any atom is -0.506 e. The molecule has 0 bridgehead atoms. The van der Waals surface area contributed by atoms with Crippen LogP contribution in [-0.2, 0) is 0 Å². The summed E-state index contributed by atoms with van der Waals surface area (Å²) in [4.78, 5) is 4.23. The van der Waals surface area contributed by atoms with Crippen LogP contribution in [0.3, 0.4) is 0 Å². The van der Waals surface area contributed by atoms with E-state index in [0.29, 0.717) is 26.3 Å². The highest BCUT2D eigenvalue weighted by atomic mass is 35.5. The van der Waals surface area contributed by atoms with Crippen LogP contribution in [0.25, 0.3) is 11.3 Å². The summed E-state index contributed by atoms with van der Waals surface area (Å²) in [5.41, 5.74) is 1.66. The molecule has 2 rings (SSSR count). The molecule has 5 heteroatoms. The van der Waals surface area contributed by atoms with E-state index in [1.165, 1.54) is 0 Å². The van der Waals surface area contributed by atoms with Gasteiger partial charge in [0.25, 0.3) is 0 Å².